The molecule has 0 aliphatic rings. The highest BCUT2D eigenvalue weighted by molar-refractivity contribution is 7.07. The number of para-hydroxylation sites is 1. The summed E-state index contributed by atoms with van der Waals surface area (Å²) in [6, 6.07) is 7.90. The number of hydrogen-bond acceptors (Lipinski definition) is 4. The van der Waals surface area contributed by atoms with Crippen molar-refractivity contribution in [2.45, 2.75) is 19.8 Å². The molecule has 0 saturated carbocycles. The molecule has 1 heterocycles. The van der Waals surface area contributed by atoms with Gasteiger partial charge < -0.3 is 4.74 Å². The Morgan fingerprint density at radius 3 is 2.94 bits per heavy atom. The highest BCUT2D eigenvalue weighted by atomic mass is 32.1. The second kappa shape index (κ2) is 5.59. The Bertz CT molecular complexity index is 508. The highest BCUT2D eigenvalue weighted by Gasteiger charge is 2.07. The quantitative estimate of drug-likeness (QED) is 0.756. The molecular formula is C13H14N2OS. The number of aryl methyl sites for hydroxylation is 1. The molecule has 3 nitrogen and oxygen atoms in total. The van der Waals surface area contributed by atoms with Gasteiger partial charge in [-0.3, -0.25) is 0 Å². The molecule has 88 valence electrons. The molecule has 0 atom stereocenters. The molecule has 0 N–H and O–H groups in total. The third kappa shape index (κ3) is 2.91. The summed E-state index contributed by atoms with van der Waals surface area (Å²) >= 11 is 1.29. The maximum Gasteiger partial charge on any atom is 0.298 e. The molecule has 0 saturated heterocycles. The first-order chi connectivity index (χ1) is 8.33. The molecule has 1 aromatic carbocycles. The van der Waals surface area contributed by atoms with Gasteiger partial charge in [-0.1, -0.05) is 31.2 Å². The monoisotopic (exact) mass is 246 g/mol. The number of nitrogens with zero attached hydrogens (tertiary/aromatic N) is 2. The third-order valence-corrected chi connectivity index (χ3v) is 2.93. The summed E-state index contributed by atoms with van der Waals surface area (Å²) in [5.41, 5.74) is 1.11. The van der Waals surface area contributed by atoms with Gasteiger partial charge in [0.25, 0.3) is 5.19 Å². The lowest BCUT2D eigenvalue weighted by molar-refractivity contribution is 0.472. The van der Waals surface area contributed by atoms with E-state index < -0.39 is 0 Å². The topological polar surface area (TPSA) is 35.0 Å². The number of allylic oxidation sites excluding steroid dienone is 1. The maximum atomic E-state index is 5.74. The normalized spacial score (nSPS) is 10.2. The molecule has 2 rings (SSSR count). The van der Waals surface area contributed by atoms with E-state index >= 15 is 0 Å². The maximum absolute atomic E-state index is 5.74. The van der Waals surface area contributed by atoms with Crippen LogP contribution in [0.4, 0.5) is 0 Å². The third-order valence-electron chi connectivity index (χ3n) is 2.30. The van der Waals surface area contributed by atoms with Crippen molar-refractivity contribution in [3.8, 4) is 10.9 Å². The van der Waals surface area contributed by atoms with E-state index in [2.05, 4.69) is 15.9 Å². The Morgan fingerprint density at radius 1 is 1.41 bits per heavy atom. The first-order valence-corrected chi connectivity index (χ1v) is 6.30. The predicted octanol–water partition coefficient (Wildman–Crippen LogP) is 3.62. The lowest BCUT2D eigenvalue weighted by Crippen LogP contribution is -1.90. The Labute approximate surface area is 105 Å². The largest absolute Gasteiger partial charge is 0.430 e. The van der Waals surface area contributed by atoms with Gasteiger partial charge >= 0.3 is 0 Å². The van der Waals surface area contributed by atoms with Gasteiger partial charge in [-0.25, -0.2) is 0 Å². The molecule has 0 aliphatic heterocycles. The van der Waals surface area contributed by atoms with Crippen LogP contribution in [0.2, 0.25) is 0 Å². The molecule has 0 amide bonds. The van der Waals surface area contributed by atoms with Crippen LogP contribution in [0.1, 0.15) is 18.3 Å². The molecule has 0 unspecified atom stereocenters. The zero-order valence-corrected chi connectivity index (χ0v) is 10.5. The number of benzene rings is 1. The summed E-state index contributed by atoms with van der Waals surface area (Å²) < 4.78 is 9.93. The first-order valence-electron chi connectivity index (χ1n) is 5.52. The second-order valence-electron chi connectivity index (χ2n) is 3.53. The average Bonchev–Trinajstić information content (AvgIpc) is 2.80. The van der Waals surface area contributed by atoms with E-state index in [9.17, 15) is 0 Å². The minimum absolute atomic E-state index is 0.596. The van der Waals surface area contributed by atoms with Gasteiger partial charge in [0.2, 0.25) is 0 Å². The number of hydrogen-bond donors (Lipinski definition) is 0. The van der Waals surface area contributed by atoms with Crippen LogP contribution in [-0.4, -0.2) is 9.36 Å². The fourth-order valence-electron chi connectivity index (χ4n) is 1.44. The average molecular weight is 246 g/mol. The summed E-state index contributed by atoms with van der Waals surface area (Å²) in [5.74, 6) is 1.65. The minimum Gasteiger partial charge on any atom is -0.430 e. The Hall–Kier alpha value is -1.68. The van der Waals surface area contributed by atoms with Crippen molar-refractivity contribution in [2.75, 3.05) is 0 Å². The summed E-state index contributed by atoms with van der Waals surface area (Å²) in [6.07, 6.45) is 3.48. The highest BCUT2D eigenvalue weighted by Crippen LogP contribution is 2.26. The van der Waals surface area contributed by atoms with Gasteiger partial charge in [0.05, 0.1) is 0 Å². The van der Waals surface area contributed by atoms with Crippen molar-refractivity contribution in [2.24, 2.45) is 0 Å². The van der Waals surface area contributed by atoms with Crippen LogP contribution in [-0.2, 0) is 12.8 Å². The van der Waals surface area contributed by atoms with Crippen molar-refractivity contribution in [1.82, 2.24) is 9.36 Å². The van der Waals surface area contributed by atoms with Crippen LogP contribution in [0, 0.1) is 0 Å². The van der Waals surface area contributed by atoms with E-state index in [1.165, 1.54) is 11.5 Å². The summed E-state index contributed by atoms with van der Waals surface area (Å²) in [7, 11) is 0. The van der Waals surface area contributed by atoms with Crippen LogP contribution >= 0.6 is 11.5 Å². The predicted molar refractivity (Wildman–Crippen MR) is 69.7 cm³/mol. The van der Waals surface area contributed by atoms with Crippen LogP contribution in [0.5, 0.6) is 10.9 Å². The van der Waals surface area contributed by atoms with E-state index in [1.54, 1.807) is 0 Å². The lowest BCUT2D eigenvalue weighted by atomic mass is 10.1. The number of rotatable bonds is 5. The Balaban J connectivity index is 2.19. The van der Waals surface area contributed by atoms with Crippen LogP contribution < -0.4 is 4.74 Å². The fraction of sp³-hybridized carbons (Fsp3) is 0.231. The van der Waals surface area contributed by atoms with E-state index in [0.29, 0.717) is 5.19 Å². The molecule has 0 fully saturated rings. The van der Waals surface area contributed by atoms with Gasteiger partial charge in [-0.15, -0.1) is 6.58 Å². The van der Waals surface area contributed by atoms with Crippen molar-refractivity contribution in [3.63, 3.8) is 0 Å². The molecule has 0 radical (unpaired) electrons. The summed E-state index contributed by atoms with van der Waals surface area (Å²) in [5, 5.41) is 0.596. The second-order valence-corrected chi connectivity index (χ2v) is 4.25. The van der Waals surface area contributed by atoms with Crippen molar-refractivity contribution in [3.05, 3.63) is 48.3 Å². The van der Waals surface area contributed by atoms with E-state index in [-0.39, 0.29) is 0 Å². The molecule has 4 heteroatoms. The van der Waals surface area contributed by atoms with Crippen molar-refractivity contribution < 1.29 is 4.74 Å². The smallest absolute Gasteiger partial charge is 0.298 e. The molecular weight excluding hydrogens is 232 g/mol. The zero-order chi connectivity index (χ0) is 12.1. The molecule has 17 heavy (non-hydrogen) atoms. The van der Waals surface area contributed by atoms with E-state index in [4.69, 9.17) is 4.74 Å². The number of aromatic nitrogens is 2. The lowest BCUT2D eigenvalue weighted by Gasteiger charge is -2.06. The minimum atomic E-state index is 0.596. The SMILES string of the molecule is C=CCc1ccccc1Oc1nc(CC)ns1. The molecule has 0 aliphatic carbocycles. The Kier molecular flexibility index (Phi) is 3.88. The molecule has 2 aromatic rings. The van der Waals surface area contributed by atoms with Gasteiger partial charge in [-0.05, 0) is 18.1 Å². The number of ether oxygens (including phenoxy) is 1. The van der Waals surface area contributed by atoms with Crippen LogP contribution in [0.15, 0.2) is 36.9 Å². The van der Waals surface area contributed by atoms with Crippen molar-refractivity contribution in [1.29, 1.82) is 0 Å². The summed E-state index contributed by atoms with van der Waals surface area (Å²) in [4.78, 5) is 4.28. The van der Waals surface area contributed by atoms with Crippen LogP contribution in [0.25, 0.3) is 0 Å². The van der Waals surface area contributed by atoms with Gasteiger partial charge in [-0.2, -0.15) is 9.36 Å². The molecule has 1 aromatic heterocycles. The fourth-order valence-corrected chi connectivity index (χ4v) is 2.07. The van der Waals surface area contributed by atoms with Crippen LogP contribution in [0.3, 0.4) is 0 Å². The zero-order valence-electron chi connectivity index (χ0n) is 9.72. The first kappa shape index (κ1) is 11.8. The van der Waals surface area contributed by atoms with Crippen molar-refractivity contribution >= 4 is 11.5 Å². The molecule has 0 spiro atoms. The Morgan fingerprint density at radius 2 is 2.24 bits per heavy atom. The van der Waals surface area contributed by atoms with E-state index in [0.717, 1.165) is 30.0 Å². The molecule has 0 bridgehead atoms. The standard InChI is InChI=1S/C13H14N2OS/c1-3-7-10-8-5-6-9-11(10)16-13-14-12(4-2)15-17-13/h3,5-6,8-9H,1,4,7H2,2H3. The van der Waals surface area contributed by atoms with Gasteiger partial charge in [0.1, 0.15) is 11.6 Å². The summed E-state index contributed by atoms with van der Waals surface area (Å²) in [6.45, 7) is 5.77. The van der Waals surface area contributed by atoms with Gasteiger partial charge in [0, 0.05) is 18.0 Å². The van der Waals surface area contributed by atoms with E-state index in [1.807, 2.05) is 37.3 Å². The van der Waals surface area contributed by atoms with Gasteiger partial charge in [0.15, 0.2) is 0 Å².